The number of sulfone groups is 1. The summed E-state index contributed by atoms with van der Waals surface area (Å²) in [6, 6.07) is 15.1. The van der Waals surface area contributed by atoms with Gasteiger partial charge >= 0.3 is 0 Å². The first kappa shape index (κ1) is 20.0. The van der Waals surface area contributed by atoms with Gasteiger partial charge in [0.05, 0.1) is 29.8 Å². The molecule has 0 atom stereocenters. The number of fused-ring (bicyclic) bond motifs is 1. The van der Waals surface area contributed by atoms with Gasteiger partial charge in [-0.1, -0.05) is 41.9 Å². The van der Waals surface area contributed by atoms with Gasteiger partial charge in [-0.05, 0) is 29.0 Å². The van der Waals surface area contributed by atoms with Crippen LogP contribution >= 0.6 is 11.6 Å². The molecule has 3 aromatic rings. The SMILES string of the molecule is COc1cc(OC)c(NC(=O)CS(=O)(=O)c2ccc3ccccc3c2)cc1Cl. The van der Waals surface area contributed by atoms with Gasteiger partial charge in [-0.25, -0.2) is 8.42 Å². The molecule has 6 nitrogen and oxygen atoms in total. The van der Waals surface area contributed by atoms with Gasteiger partial charge in [0.15, 0.2) is 9.84 Å². The highest BCUT2D eigenvalue weighted by Crippen LogP contribution is 2.36. The lowest BCUT2D eigenvalue weighted by Gasteiger charge is -2.13. The number of nitrogens with one attached hydrogen (secondary N) is 1. The number of carbonyl (C=O) groups excluding carboxylic acids is 1. The van der Waals surface area contributed by atoms with Crippen molar-refractivity contribution in [2.24, 2.45) is 0 Å². The Labute approximate surface area is 167 Å². The number of rotatable bonds is 6. The molecule has 0 fully saturated rings. The molecule has 0 spiro atoms. The first-order valence-electron chi connectivity index (χ1n) is 8.27. The highest BCUT2D eigenvalue weighted by Gasteiger charge is 2.21. The largest absolute Gasteiger partial charge is 0.495 e. The van der Waals surface area contributed by atoms with Crippen molar-refractivity contribution in [3.63, 3.8) is 0 Å². The summed E-state index contributed by atoms with van der Waals surface area (Å²) in [6.45, 7) is 0. The van der Waals surface area contributed by atoms with Gasteiger partial charge in [0.1, 0.15) is 17.3 Å². The maximum Gasteiger partial charge on any atom is 0.240 e. The van der Waals surface area contributed by atoms with E-state index in [4.69, 9.17) is 21.1 Å². The number of anilines is 1. The summed E-state index contributed by atoms with van der Waals surface area (Å²) in [5.41, 5.74) is 0.256. The third kappa shape index (κ3) is 4.21. The third-order valence-corrected chi connectivity index (χ3v) is 6.06. The van der Waals surface area contributed by atoms with Crippen LogP contribution in [0.3, 0.4) is 0 Å². The Balaban J connectivity index is 1.82. The average molecular weight is 420 g/mol. The van der Waals surface area contributed by atoms with Crippen LogP contribution in [0.1, 0.15) is 0 Å². The van der Waals surface area contributed by atoms with Gasteiger partial charge in [0, 0.05) is 6.07 Å². The molecule has 1 amide bonds. The second-order valence-electron chi connectivity index (χ2n) is 6.00. The molecular weight excluding hydrogens is 402 g/mol. The zero-order chi connectivity index (χ0) is 20.3. The summed E-state index contributed by atoms with van der Waals surface area (Å²) >= 11 is 6.08. The van der Waals surface area contributed by atoms with Crippen molar-refractivity contribution < 1.29 is 22.7 Å². The van der Waals surface area contributed by atoms with Gasteiger partial charge in [-0.3, -0.25) is 4.79 Å². The maximum atomic E-state index is 12.7. The van der Waals surface area contributed by atoms with Crippen LogP contribution in [0.4, 0.5) is 5.69 Å². The number of benzene rings is 3. The molecule has 3 rings (SSSR count). The van der Waals surface area contributed by atoms with Crippen molar-refractivity contribution in [2.75, 3.05) is 25.3 Å². The minimum Gasteiger partial charge on any atom is -0.495 e. The van der Waals surface area contributed by atoms with Crippen LogP contribution in [0.15, 0.2) is 59.5 Å². The molecular formula is C20H18ClNO5S. The van der Waals surface area contributed by atoms with Crippen LogP contribution in [0, 0.1) is 0 Å². The highest BCUT2D eigenvalue weighted by molar-refractivity contribution is 7.92. The summed E-state index contributed by atoms with van der Waals surface area (Å²) in [7, 11) is -0.950. The summed E-state index contributed by atoms with van der Waals surface area (Å²) in [5.74, 6) is -0.733. The topological polar surface area (TPSA) is 81.7 Å². The third-order valence-electron chi connectivity index (χ3n) is 4.15. The lowest BCUT2D eigenvalue weighted by atomic mass is 10.1. The number of hydrogen-bond acceptors (Lipinski definition) is 5. The molecule has 0 unspecified atom stereocenters. The Morgan fingerprint density at radius 1 is 0.964 bits per heavy atom. The first-order valence-corrected chi connectivity index (χ1v) is 10.3. The molecule has 0 saturated carbocycles. The summed E-state index contributed by atoms with van der Waals surface area (Å²) in [6.07, 6.45) is 0. The molecule has 28 heavy (non-hydrogen) atoms. The van der Waals surface area contributed by atoms with Crippen molar-refractivity contribution in [1.29, 1.82) is 0 Å². The fourth-order valence-corrected chi connectivity index (χ4v) is 4.17. The maximum absolute atomic E-state index is 12.7. The fourth-order valence-electron chi connectivity index (χ4n) is 2.76. The van der Waals surface area contributed by atoms with Crippen LogP contribution in [0.5, 0.6) is 11.5 Å². The van der Waals surface area contributed by atoms with E-state index in [-0.39, 0.29) is 15.6 Å². The van der Waals surface area contributed by atoms with E-state index in [9.17, 15) is 13.2 Å². The monoisotopic (exact) mass is 419 g/mol. The lowest BCUT2D eigenvalue weighted by Crippen LogP contribution is -2.23. The molecule has 0 aliphatic carbocycles. The van der Waals surface area contributed by atoms with Gasteiger partial charge in [0.2, 0.25) is 5.91 Å². The summed E-state index contributed by atoms with van der Waals surface area (Å²) in [4.78, 5) is 12.5. The second-order valence-corrected chi connectivity index (χ2v) is 8.40. The Morgan fingerprint density at radius 3 is 2.32 bits per heavy atom. The van der Waals surface area contributed by atoms with E-state index in [0.717, 1.165) is 10.8 Å². The number of carbonyl (C=O) groups is 1. The van der Waals surface area contributed by atoms with E-state index in [0.29, 0.717) is 11.5 Å². The summed E-state index contributed by atoms with van der Waals surface area (Å²) in [5, 5.41) is 4.50. The molecule has 0 bridgehead atoms. The fraction of sp³-hybridized carbons (Fsp3) is 0.150. The summed E-state index contributed by atoms with van der Waals surface area (Å²) < 4.78 is 35.6. The smallest absolute Gasteiger partial charge is 0.240 e. The zero-order valence-corrected chi connectivity index (χ0v) is 16.8. The highest BCUT2D eigenvalue weighted by atomic mass is 35.5. The number of methoxy groups -OCH3 is 2. The van der Waals surface area contributed by atoms with Crippen molar-refractivity contribution in [2.45, 2.75) is 4.90 Å². The van der Waals surface area contributed by atoms with Crippen LogP contribution in [0.2, 0.25) is 5.02 Å². The standard InChI is InChI=1S/C20H18ClNO5S/c1-26-18-11-19(27-2)17(10-16(18)21)22-20(23)12-28(24,25)15-8-7-13-5-3-4-6-14(13)9-15/h3-11H,12H2,1-2H3,(H,22,23). The molecule has 146 valence electrons. The Bertz CT molecular complexity index is 1140. The normalized spacial score (nSPS) is 11.2. The van der Waals surface area contributed by atoms with E-state index < -0.39 is 21.5 Å². The lowest BCUT2D eigenvalue weighted by molar-refractivity contribution is -0.113. The quantitative estimate of drug-likeness (QED) is 0.654. The number of amides is 1. The van der Waals surface area contributed by atoms with Crippen molar-refractivity contribution in [3.05, 3.63) is 59.6 Å². The molecule has 3 aromatic carbocycles. The molecule has 0 aliphatic rings. The second kappa shape index (κ2) is 8.08. The van der Waals surface area contributed by atoms with E-state index in [1.807, 2.05) is 24.3 Å². The first-order chi connectivity index (χ1) is 13.3. The Hall–Kier alpha value is -2.77. The molecule has 1 N–H and O–H groups in total. The van der Waals surface area contributed by atoms with Gasteiger partial charge in [-0.15, -0.1) is 0 Å². The van der Waals surface area contributed by atoms with Crippen LogP contribution < -0.4 is 14.8 Å². The average Bonchev–Trinajstić information content (AvgIpc) is 2.67. The number of halogens is 1. The van der Waals surface area contributed by atoms with E-state index in [2.05, 4.69) is 5.32 Å². The van der Waals surface area contributed by atoms with Crippen LogP contribution in [-0.4, -0.2) is 34.3 Å². The predicted molar refractivity (Wildman–Crippen MR) is 109 cm³/mol. The van der Waals surface area contributed by atoms with Gasteiger partial charge in [-0.2, -0.15) is 0 Å². The molecule has 0 aromatic heterocycles. The number of ether oxygens (including phenoxy) is 2. The van der Waals surface area contributed by atoms with E-state index in [1.54, 1.807) is 12.1 Å². The zero-order valence-electron chi connectivity index (χ0n) is 15.2. The van der Waals surface area contributed by atoms with Crippen LogP contribution in [0.25, 0.3) is 10.8 Å². The molecule has 8 heteroatoms. The van der Waals surface area contributed by atoms with Crippen molar-refractivity contribution in [1.82, 2.24) is 0 Å². The minimum absolute atomic E-state index is 0.0843. The van der Waals surface area contributed by atoms with E-state index >= 15 is 0 Å². The van der Waals surface area contributed by atoms with Gasteiger partial charge in [0.25, 0.3) is 0 Å². The molecule has 0 saturated heterocycles. The van der Waals surface area contributed by atoms with Crippen molar-refractivity contribution >= 4 is 43.8 Å². The minimum atomic E-state index is -3.82. The number of hydrogen-bond donors (Lipinski definition) is 1. The predicted octanol–water partition coefficient (Wildman–Crippen LogP) is 3.92. The Kier molecular flexibility index (Phi) is 5.76. The van der Waals surface area contributed by atoms with Gasteiger partial charge < -0.3 is 14.8 Å². The molecule has 0 aliphatic heterocycles. The van der Waals surface area contributed by atoms with Crippen molar-refractivity contribution in [3.8, 4) is 11.5 Å². The van der Waals surface area contributed by atoms with E-state index in [1.165, 1.54) is 32.4 Å². The molecule has 0 radical (unpaired) electrons. The molecule has 0 heterocycles. The Morgan fingerprint density at radius 2 is 1.64 bits per heavy atom. The van der Waals surface area contributed by atoms with Crippen LogP contribution in [-0.2, 0) is 14.6 Å².